The van der Waals surface area contributed by atoms with Gasteiger partial charge in [-0.3, -0.25) is 0 Å². The Kier molecular flexibility index (Phi) is 4.65. The third kappa shape index (κ3) is 2.86. The largest absolute Gasteiger partial charge is 0.493 e. The average molecular weight is 247 g/mol. The van der Waals surface area contributed by atoms with Crippen LogP contribution in [-0.2, 0) is 0 Å². The Morgan fingerprint density at radius 2 is 2.11 bits per heavy atom. The lowest BCUT2D eigenvalue weighted by molar-refractivity contribution is 0.312. The Morgan fingerprint density at radius 1 is 1.33 bits per heavy atom. The first-order valence-electron chi connectivity index (χ1n) is 7.24. The summed E-state index contributed by atoms with van der Waals surface area (Å²) in [5.41, 5.74) is 2.60. The molecule has 0 saturated heterocycles. The lowest BCUT2D eigenvalue weighted by Crippen LogP contribution is -2.31. The second-order valence-corrected chi connectivity index (χ2v) is 5.22. The number of fused-ring (bicyclic) bond motifs is 1. The van der Waals surface area contributed by atoms with Crippen molar-refractivity contribution in [1.82, 2.24) is 5.32 Å². The minimum absolute atomic E-state index is 0.451. The standard InChI is InChI=1S/C16H25NO/c1-4-13(5-2)17-15-10-7-11-18-16-12(3)8-6-9-14(15)16/h6,8-9,13,15,17H,4-5,7,10-11H2,1-3H3. The molecule has 18 heavy (non-hydrogen) atoms. The highest BCUT2D eigenvalue weighted by atomic mass is 16.5. The fraction of sp³-hybridized carbons (Fsp3) is 0.625. The molecule has 1 atom stereocenters. The number of ether oxygens (including phenoxy) is 1. The second-order valence-electron chi connectivity index (χ2n) is 5.22. The van der Waals surface area contributed by atoms with Crippen molar-refractivity contribution in [1.29, 1.82) is 0 Å². The predicted molar refractivity (Wildman–Crippen MR) is 76.2 cm³/mol. The summed E-state index contributed by atoms with van der Waals surface area (Å²) >= 11 is 0. The fourth-order valence-corrected chi connectivity index (χ4v) is 2.75. The smallest absolute Gasteiger partial charge is 0.126 e. The highest BCUT2D eigenvalue weighted by Crippen LogP contribution is 2.34. The van der Waals surface area contributed by atoms with Gasteiger partial charge in [-0.2, -0.15) is 0 Å². The van der Waals surface area contributed by atoms with Gasteiger partial charge in [-0.25, -0.2) is 0 Å². The van der Waals surface area contributed by atoms with Gasteiger partial charge in [-0.1, -0.05) is 32.0 Å². The van der Waals surface area contributed by atoms with Crippen LogP contribution in [0.3, 0.4) is 0 Å². The summed E-state index contributed by atoms with van der Waals surface area (Å²) in [6.07, 6.45) is 4.68. The monoisotopic (exact) mass is 247 g/mol. The van der Waals surface area contributed by atoms with E-state index in [-0.39, 0.29) is 0 Å². The predicted octanol–water partition coefficient (Wildman–Crippen LogP) is 3.99. The van der Waals surface area contributed by atoms with Crippen molar-refractivity contribution in [2.45, 2.75) is 58.5 Å². The Bertz CT molecular complexity index is 385. The van der Waals surface area contributed by atoms with Crippen molar-refractivity contribution in [2.75, 3.05) is 6.61 Å². The first-order chi connectivity index (χ1) is 8.76. The van der Waals surface area contributed by atoms with Crippen LogP contribution < -0.4 is 10.1 Å². The van der Waals surface area contributed by atoms with Gasteiger partial charge in [0, 0.05) is 17.6 Å². The van der Waals surface area contributed by atoms with E-state index >= 15 is 0 Å². The van der Waals surface area contributed by atoms with Gasteiger partial charge >= 0.3 is 0 Å². The molecule has 1 N–H and O–H groups in total. The van der Waals surface area contributed by atoms with Crippen LogP contribution in [0, 0.1) is 6.92 Å². The van der Waals surface area contributed by atoms with E-state index in [1.54, 1.807) is 0 Å². The summed E-state index contributed by atoms with van der Waals surface area (Å²) in [5.74, 6) is 1.11. The molecule has 0 spiro atoms. The van der Waals surface area contributed by atoms with Crippen molar-refractivity contribution in [2.24, 2.45) is 0 Å². The number of nitrogens with one attached hydrogen (secondary N) is 1. The molecular weight excluding hydrogens is 222 g/mol. The normalized spacial score (nSPS) is 19.2. The number of rotatable bonds is 4. The maximum atomic E-state index is 5.92. The van der Waals surface area contributed by atoms with E-state index in [2.05, 4.69) is 44.3 Å². The van der Waals surface area contributed by atoms with Gasteiger partial charge in [-0.05, 0) is 38.2 Å². The van der Waals surface area contributed by atoms with E-state index in [0.29, 0.717) is 12.1 Å². The summed E-state index contributed by atoms with van der Waals surface area (Å²) in [7, 11) is 0. The van der Waals surface area contributed by atoms with Crippen molar-refractivity contribution in [3.05, 3.63) is 29.3 Å². The van der Waals surface area contributed by atoms with E-state index in [0.717, 1.165) is 18.8 Å². The van der Waals surface area contributed by atoms with Crippen LogP contribution in [0.15, 0.2) is 18.2 Å². The minimum atomic E-state index is 0.451. The molecule has 1 aliphatic rings. The molecule has 2 rings (SSSR count). The molecule has 2 nitrogen and oxygen atoms in total. The molecular formula is C16H25NO. The second kappa shape index (κ2) is 6.24. The van der Waals surface area contributed by atoms with Gasteiger partial charge in [0.25, 0.3) is 0 Å². The van der Waals surface area contributed by atoms with Crippen LogP contribution in [0.5, 0.6) is 5.75 Å². The summed E-state index contributed by atoms with van der Waals surface area (Å²) in [5, 5.41) is 3.80. The SMILES string of the molecule is CCC(CC)NC1CCCOc2c(C)cccc21. The zero-order valence-corrected chi connectivity index (χ0v) is 11.8. The Morgan fingerprint density at radius 3 is 2.83 bits per heavy atom. The van der Waals surface area contributed by atoms with Gasteiger partial charge in [0.15, 0.2) is 0 Å². The lowest BCUT2D eigenvalue weighted by atomic mass is 9.98. The average Bonchev–Trinajstić information content (AvgIpc) is 2.59. The molecule has 2 heteroatoms. The summed E-state index contributed by atoms with van der Waals surface area (Å²) in [6.45, 7) is 7.49. The molecule has 1 heterocycles. The van der Waals surface area contributed by atoms with Crippen LogP contribution in [0.25, 0.3) is 0 Å². The van der Waals surface area contributed by atoms with Crippen molar-refractivity contribution in [3.63, 3.8) is 0 Å². The third-order valence-corrected chi connectivity index (χ3v) is 3.92. The van der Waals surface area contributed by atoms with E-state index in [9.17, 15) is 0 Å². The molecule has 0 radical (unpaired) electrons. The van der Waals surface area contributed by atoms with Crippen LogP contribution >= 0.6 is 0 Å². The minimum Gasteiger partial charge on any atom is -0.493 e. The zero-order valence-electron chi connectivity index (χ0n) is 11.8. The summed E-state index contributed by atoms with van der Waals surface area (Å²) in [6, 6.07) is 7.56. The summed E-state index contributed by atoms with van der Waals surface area (Å²) in [4.78, 5) is 0. The molecule has 0 aliphatic carbocycles. The van der Waals surface area contributed by atoms with E-state index in [4.69, 9.17) is 4.74 Å². The van der Waals surface area contributed by atoms with Gasteiger partial charge in [-0.15, -0.1) is 0 Å². The molecule has 1 unspecified atom stereocenters. The molecule has 0 saturated carbocycles. The Balaban J connectivity index is 2.24. The van der Waals surface area contributed by atoms with Crippen LogP contribution in [0.1, 0.15) is 56.7 Å². The molecule has 0 fully saturated rings. The third-order valence-electron chi connectivity index (χ3n) is 3.92. The molecule has 100 valence electrons. The quantitative estimate of drug-likeness (QED) is 0.868. The molecule has 0 bridgehead atoms. The molecule has 1 aliphatic heterocycles. The topological polar surface area (TPSA) is 21.3 Å². The molecule has 0 amide bonds. The first-order valence-corrected chi connectivity index (χ1v) is 7.24. The fourth-order valence-electron chi connectivity index (χ4n) is 2.75. The Labute approximate surface area is 111 Å². The number of aryl methyl sites for hydroxylation is 1. The molecule has 1 aromatic rings. The molecule has 0 aromatic heterocycles. The lowest BCUT2D eigenvalue weighted by Gasteiger charge is -2.24. The van der Waals surface area contributed by atoms with Gasteiger partial charge in [0.05, 0.1) is 6.61 Å². The van der Waals surface area contributed by atoms with E-state index in [1.807, 2.05) is 0 Å². The number of hydrogen-bond donors (Lipinski definition) is 1. The first kappa shape index (κ1) is 13.4. The maximum Gasteiger partial charge on any atom is 0.126 e. The zero-order chi connectivity index (χ0) is 13.0. The van der Waals surface area contributed by atoms with Crippen LogP contribution in [0.4, 0.5) is 0 Å². The van der Waals surface area contributed by atoms with Gasteiger partial charge in [0.2, 0.25) is 0 Å². The number of hydrogen-bond acceptors (Lipinski definition) is 2. The maximum absolute atomic E-state index is 5.92. The Hall–Kier alpha value is -1.02. The van der Waals surface area contributed by atoms with Crippen LogP contribution in [0.2, 0.25) is 0 Å². The number of para-hydroxylation sites is 1. The van der Waals surface area contributed by atoms with Crippen molar-refractivity contribution < 1.29 is 4.74 Å². The van der Waals surface area contributed by atoms with Crippen molar-refractivity contribution >= 4 is 0 Å². The highest BCUT2D eigenvalue weighted by molar-refractivity contribution is 5.43. The van der Waals surface area contributed by atoms with Crippen molar-refractivity contribution in [3.8, 4) is 5.75 Å². The van der Waals surface area contributed by atoms with Gasteiger partial charge in [0.1, 0.15) is 5.75 Å². The van der Waals surface area contributed by atoms with Crippen LogP contribution in [-0.4, -0.2) is 12.6 Å². The van der Waals surface area contributed by atoms with E-state index < -0.39 is 0 Å². The number of benzene rings is 1. The molecule has 1 aromatic carbocycles. The summed E-state index contributed by atoms with van der Waals surface area (Å²) < 4.78 is 5.92. The van der Waals surface area contributed by atoms with E-state index in [1.165, 1.54) is 30.4 Å². The van der Waals surface area contributed by atoms with Gasteiger partial charge < -0.3 is 10.1 Å². The highest BCUT2D eigenvalue weighted by Gasteiger charge is 2.22.